The second kappa shape index (κ2) is 9.05. The summed E-state index contributed by atoms with van der Waals surface area (Å²) in [4.78, 5) is 28.8. The summed E-state index contributed by atoms with van der Waals surface area (Å²) < 4.78 is 0. The van der Waals surface area contributed by atoms with E-state index in [4.69, 9.17) is 0 Å². The van der Waals surface area contributed by atoms with Gasteiger partial charge >= 0.3 is 0 Å². The normalized spacial score (nSPS) is 14.9. The summed E-state index contributed by atoms with van der Waals surface area (Å²) in [5.41, 5.74) is 4.66. The van der Waals surface area contributed by atoms with Crippen molar-refractivity contribution in [2.45, 2.75) is 12.8 Å². The number of fused-ring (bicyclic) bond motifs is 2. The maximum absolute atomic E-state index is 12.5. The van der Waals surface area contributed by atoms with E-state index in [0.29, 0.717) is 11.5 Å². The van der Waals surface area contributed by atoms with Gasteiger partial charge in [-0.05, 0) is 36.1 Å². The highest BCUT2D eigenvalue weighted by atomic mass is 32.2. The maximum atomic E-state index is 12.5. The molecule has 0 saturated carbocycles. The van der Waals surface area contributed by atoms with Gasteiger partial charge in [0.25, 0.3) is 0 Å². The summed E-state index contributed by atoms with van der Waals surface area (Å²) in [6, 6.07) is 16.3. The number of carbonyl (C=O) groups is 2. The minimum Gasteiger partial charge on any atom is -0.311 e. The Morgan fingerprint density at radius 1 is 0.714 bits per heavy atom. The van der Waals surface area contributed by atoms with Gasteiger partial charge in [0.15, 0.2) is 0 Å². The average molecular weight is 413 g/mol. The van der Waals surface area contributed by atoms with Crippen LogP contribution in [0.25, 0.3) is 0 Å². The Balaban J connectivity index is 1.14. The lowest BCUT2D eigenvalue weighted by Crippen LogP contribution is -2.31. The second-order valence-corrected chi connectivity index (χ2v) is 9.16. The van der Waals surface area contributed by atoms with E-state index in [1.807, 2.05) is 46.2 Å². The van der Waals surface area contributed by atoms with Crippen LogP contribution in [0.2, 0.25) is 0 Å². The van der Waals surface area contributed by atoms with Gasteiger partial charge < -0.3 is 9.80 Å². The third-order valence-corrected chi connectivity index (χ3v) is 7.35. The number of amides is 2. The molecule has 146 valence electrons. The van der Waals surface area contributed by atoms with E-state index >= 15 is 0 Å². The number of nitrogens with zero attached hydrogens (tertiary/aromatic N) is 2. The van der Waals surface area contributed by atoms with Crippen molar-refractivity contribution in [3.05, 3.63) is 59.7 Å². The molecule has 2 amide bonds. The lowest BCUT2D eigenvalue weighted by molar-refractivity contribution is -0.116. The zero-order valence-electron chi connectivity index (χ0n) is 15.8. The van der Waals surface area contributed by atoms with Crippen LogP contribution in [0.5, 0.6) is 0 Å². The van der Waals surface area contributed by atoms with Crippen molar-refractivity contribution in [1.29, 1.82) is 0 Å². The lowest BCUT2D eigenvalue weighted by atomic mass is 10.2. The molecule has 0 saturated heterocycles. The van der Waals surface area contributed by atoms with Gasteiger partial charge in [0.2, 0.25) is 11.8 Å². The van der Waals surface area contributed by atoms with Crippen LogP contribution < -0.4 is 9.80 Å². The molecule has 0 radical (unpaired) electrons. The lowest BCUT2D eigenvalue weighted by Gasteiger charge is -2.17. The smallest absolute Gasteiger partial charge is 0.236 e. The van der Waals surface area contributed by atoms with Crippen LogP contribution in [-0.2, 0) is 22.4 Å². The predicted molar refractivity (Wildman–Crippen MR) is 120 cm³/mol. The molecule has 2 aromatic rings. The Morgan fingerprint density at radius 2 is 1.14 bits per heavy atom. The highest BCUT2D eigenvalue weighted by Gasteiger charge is 2.24. The Kier molecular flexibility index (Phi) is 6.27. The van der Waals surface area contributed by atoms with Crippen LogP contribution in [0.3, 0.4) is 0 Å². The van der Waals surface area contributed by atoms with E-state index in [2.05, 4.69) is 12.1 Å². The standard InChI is InChI=1S/C22H24N2O2S2/c25-21(23-11-9-17-5-1-3-7-19(17)23)15-27-13-14-28-16-22(26)24-12-10-18-6-2-4-8-20(18)24/h1-8H,9-16H2. The van der Waals surface area contributed by atoms with Crippen molar-refractivity contribution < 1.29 is 9.59 Å². The van der Waals surface area contributed by atoms with Crippen molar-refractivity contribution in [2.75, 3.05) is 45.9 Å². The number of para-hydroxylation sites is 2. The number of anilines is 2. The summed E-state index contributed by atoms with van der Waals surface area (Å²) in [5.74, 6) is 3.14. The van der Waals surface area contributed by atoms with E-state index in [-0.39, 0.29) is 11.8 Å². The van der Waals surface area contributed by atoms with Crippen molar-refractivity contribution in [1.82, 2.24) is 0 Å². The molecule has 2 aliphatic heterocycles. The molecule has 0 atom stereocenters. The van der Waals surface area contributed by atoms with E-state index < -0.39 is 0 Å². The van der Waals surface area contributed by atoms with Crippen molar-refractivity contribution in [3.63, 3.8) is 0 Å². The molecule has 0 fully saturated rings. The molecule has 4 nitrogen and oxygen atoms in total. The second-order valence-electron chi connectivity index (χ2n) is 6.95. The van der Waals surface area contributed by atoms with E-state index in [0.717, 1.165) is 48.8 Å². The summed E-state index contributed by atoms with van der Waals surface area (Å²) >= 11 is 3.32. The van der Waals surface area contributed by atoms with Crippen LogP contribution in [0.1, 0.15) is 11.1 Å². The fraction of sp³-hybridized carbons (Fsp3) is 0.364. The Labute approximate surface area is 174 Å². The summed E-state index contributed by atoms with van der Waals surface area (Å²) in [6.07, 6.45) is 1.90. The molecule has 6 heteroatoms. The number of carbonyl (C=O) groups excluding carboxylic acids is 2. The molecule has 4 rings (SSSR count). The molecule has 2 aromatic carbocycles. The van der Waals surface area contributed by atoms with E-state index in [1.165, 1.54) is 11.1 Å². The van der Waals surface area contributed by atoms with E-state index in [1.54, 1.807) is 23.5 Å². The molecular formula is C22H24N2O2S2. The molecule has 0 aliphatic carbocycles. The van der Waals surface area contributed by atoms with Crippen LogP contribution in [0, 0.1) is 0 Å². The van der Waals surface area contributed by atoms with Crippen molar-refractivity contribution in [2.24, 2.45) is 0 Å². The molecule has 0 aromatic heterocycles. The molecule has 0 N–H and O–H groups in total. The van der Waals surface area contributed by atoms with Crippen molar-refractivity contribution in [3.8, 4) is 0 Å². The van der Waals surface area contributed by atoms with Gasteiger partial charge in [0.1, 0.15) is 0 Å². The van der Waals surface area contributed by atoms with Gasteiger partial charge in [-0.25, -0.2) is 0 Å². The number of rotatable bonds is 7. The van der Waals surface area contributed by atoms with Gasteiger partial charge in [-0.1, -0.05) is 36.4 Å². The predicted octanol–water partition coefficient (Wildman–Crippen LogP) is 3.63. The maximum Gasteiger partial charge on any atom is 0.236 e. The molecule has 0 unspecified atom stereocenters. The Bertz CT molecular complexity index is 800. The number of thioether (sulfide) groups is 2. The molecule has 2 heterocycles. The van der Waals surface area contributed by atoms with Gasteiger partial charge in [-0.3, -0.25) is 9.59 Å². The highest BCUT2D eigenvalue weighted by molar-refractivity contribution is 8.03. The first-order valence-corrected chi connectivity index (χ1v) is 12.0. The third-order valence-electron chi connectivity index (χ3n) is 5.20. The SMILES string of the molecule is O=C(CSCCSCC(=O)N1CCc2ccccc21)N1CCc2ccccc21. The Hall–Kier alpha value is -1.92. The minimum absolute atomic E-state index is 0.185. The summed E-state index contributed by atoms with van der Waals surface area (Å²) in [5, 5.41) is 0. The first-order chi connectivity index (χ1) is 13.7. The zero-order valence-corrected chi connectivity index (χ0v) is 17.4. The zero-order chi connectivity index (χ0) is 19.3. The summed E-state index contributed by atoms with van der Waals surface area (Å²) in [7, 11) is 0. The third kappa shape index (κ3) is 4.23. The van der Waals surface area contributed by atoms with Crippen LogP contribution in [0.4, 0.5) is 11.4 Å². The van der Waals surface area contributed by atoms with E-state index in [9.17, 15) is 9.59 Å². The van der Waals surface area contributed by atoms with Gasteiger partial charge in [0, 0.05) is 36.0 Å². The van der Waals surface area contributed by atoms with Gasteiger partial charge in [-0.2, -0.15) is 23.5 Å². The quantitative estimate of drug-likeness (QED) is 0.651. The molecular weight excluding hydrogens is 388 g/mol. The van der Waals surface area contributed by atoms with Crippen LogP contribution in [0.15, 0.2) is 48.5 Å². The van der Waals surface area contributed by atoms with Gasteiger partial charge in [-0.15, -0.1) is 0 Å². The number of hydrogen-bond acceptors (Lipinski definition) is 4. The fourth-order valence-electron chi connectivity index (χ4n) is 3.79. The van der Waals surface area contributed by atoms with Crippen molar-refractivity contribution >= 4 is 46.7 Å². The van der Waals surface area contributed by atoms with Gasteiger partial charge in [0.05, 0.1) is 11.5 Å². The molecule has 0 bridgehead atoms. The molecule has 2 aliphatic rings. The highest BCUT2D eigenvalue weighted by Crippen LogP contribution is 2.29. The average Bonchev–Trinajstić information content (AvgIpc) is 3.34. The minimum atomic E-state index is 0.185. The molecule has 28 heavy (non-hydrogen) atoms. The first kappa shape index (κ1) is 19.4. The number of hydrogen-bond donors (Lipinski definition) is 0. The topological polar surface area (TPSA) is 40.6 Å². The molecule has 0 spiro atoms. The van der Waals surface area contributed by atoms with Crippen LogP contribution >= 0.6 is 23.5 Å². The van der Waals surface area contributed by atoms with Crippen LogP contribution in [-0.4, -0.2) is 47.9 Å². The largest absolute Gasteiger partial charge is 0.311 e. The summed E-state index contributed by atoms with van der Waals surface area (Å²) in [6.45, 7) is 1.58. The fourth-order valence-corrected chi connectivity index (χ4v) is 5.68. The number of benzene rings is 2. The monoisotopic (exact) mass is 412 g/mol. The first-order valence-electron chi connectivity index (χ1n) is 9.66. The Morgan fingerprint density at radius 3 is 1.61 bits per heavy atom.